The highest BCUT2D eigenvalue weighted by Crippen LogP contribution is 2.27. The van der Waals surface area contributed by atoms with Crippen molar-refractivity contribution in [3.05, 3.63) is 0 Å². The molecule has 90 valence electrons. The number of hydrogen-bond acceptors (Lipinski definition) is 2. The predicted octanol–water partition coefficient (Wildman–Crippen LogP) is 2.91. The number of hydrogen-bond donors (Lipinski definition) is 1. The van der Waals surface area contributed by atoms with Crippen molar-refractivity contribution in [2.75, 3.05) is 12.5 Å². The number of carbonyl (C=O) groups is 1. The van der Waals surface area contributed by atoms with Crippen molar-refractivity contribution in [2.24, 2.45) is 5.92 Å². The Kier molecular flexibility index (Phi) is 6.94. The van der Waals surface area contributed by atoms with Gasteiger partial charge in [-0.05, 0) is 18.8 Å². The molecule has 0 aliphatic heterocycles. The molecule has 0 fully saturated rings. The summed E-state index contributed by atoms with van der Waals surface area (Å²) in [7, 11) is 0. The van der Waals surface area contributed by atoms with E-state index >= 15 is 0 Å². The van der Waals surface area contributed by atoms with Gasteiger partial charge in [0, 0.05) is 5.88 Å². The maximum atomic E-state index is 11.2. The van der Waals surface area contributed by atoms with Gasteiger partial charge in [-0.25, -0.2) is 4.79 Å². The highest BCUT2D eigenvalue weighted by molar-refractivity contribution is 6.18. The average molecular weight is 237 g/mol. The van der Waals surface area contributed by atoms with Gasteiger partial charge in [0.2, 0.25) is 0 Å². The number of aliphatic carboxylic acids is 1. The number of carboxylic acids is 1. The van der Waals surface area contributed by atoms with Crippen molar-refractivity contribution < 1.29 is 14.6 Å². The second-order valence-electron chi connectivity index (χ2n) is 3.91. The second kappa shape index (κ2) is 7.07. The summed E-state index contributed by atoms with van der Waals surface area (Å²) < 4.78 is 5.43. The molecule has 0 heterocycles. The van der Waals surface area contributed by atoms with Gasteiger partial charge in [-0.15, -0.1) is 11.6 Å². The van der Waals surface area contributed by atoms with E-state index in [1.54, 1.807) is 0 Å². The van der Waals surface area contributed by atoms with Gasteiger partial charge in [0.15, 0.2) is 5.60 Å². The van der Waals surface area contributed by atoms with Crippen LogP contribution in [-0.4, -0.2) is 29.2 Å². The molecule has 0 spiro atoms. The summed E-state index contributed by atoms with van der Waals surface area (Å²) in [4.78, 5) is 11.2. The van der Waals surface area contributed by atoms with Gasteiger partial charge in [-0.3, -0.25) is 0 Å². The first-order chi connectivity index (χ1) is 7.02. The molecule has 0 aliphatic carbocycles. The third-order valence-electron chi connectivity index (χ3n) is 2.79. The van der Waals surface area contributed by atoms with E-state index in [0.717, 1.165) is 6.42 Å². The normalized spacial score (nSPS) is 17.1. The maximum absolute atomic E-state index is 11.2. The molecule has 2 atom stereocenters. The lowest BCUT2D eigenvalue weighted by Crippen LogP contribution is -2.43. The Bertz CT molecular complexity index is 196. The van der Waals surface area contributed by atoms with Crippen LogP contribution in [0, 0.1) is 5.92 Å². The van der Waals surface area contributed by atoms with Crippen molar-refractivity contribution in [3.63, 3.8) is 0 Å². The van der Waals surface area contributed by atoms with Crippen LogP contribution < -0.4 is 0 Å². The average Bonchev–Trinajstić information content (AvgIpc) is 2.23. The molecule has 0 amide bonds. The lowest BCUT2D eigenvalue weighted by Gasteiger charge is -2.30. The molecule has 0 saturated heterocycles. The van der Waals surface area contributed by atoms with Gasteiger partial charge in [0.25, 0.3) is 0 Å². The standard InChI is InChI=1S/C11H21ClO3/c1-4-9(3)8-11(5-2,10(13)14)15-7-6-12/h9H,4-8H2,1-3H3,(H,13,14). The summed E-state index contributed by atoms with van der Waals surface area (Å²) in [5, 5.41) is 9.23. The van der Waals surface area contributed by atoms with E-state index in [9.17, 15) is 9.90 Å². The van der Waals surface area contributed by atoms with E-state index in [1.807, 2.05) is 13.8 Å². The molecule has 0 aromatic carbocycles. The van der Waals surface area contributed by atoms with Crippen molar-refractivity contribution >= 4 is 17.6 Å². The summed E-state index contributed by atoms with van der Waals surface area (Å²) in [6.07, 6.45) is 1.98. The van der Waals surface area contributed by atoms with Crippen LogP contribution in [0.15, 0.2) is 0 Å². The van der Waals surface area contributed by atoms with E-state index in [0.29, 0.717) is 24.6 Å². The first kappa shape index (κ1) is 14.7. The Hall–Kier alpha value is -0.280. The minimum atomic E-state index is -1.05. The largest absolute Gasteiger partial charge is 0.479 e. The molecule has 0 aromatic rings. The number of ether oxygens (including phenoxy) is 1. The van der Waals surface area contributed by atoms with E-state index in [4.69, 9.17) is 16.3 Å². The summed E-state index contributed by atoms with van der Waals surface area (Å²) in [5.74, 6) is -0.206. The van der Waals surface area contributed by atoms with Gasteiger partial charge < -0.3 is 9.84 Å². The van der Waals surface area contributed by atoms with Gasteiger partial charge >= 0.3 is 5.97 Å². The molecule has 1 N–H and O–H groups in total. The lowest BCUT2D eigenvalue weighted by atomic mass is 9.87. The van der Waals surface area contributed by atoms with E-state index in [2.05, 4.69) is 6.92 Å². The Labute approximate surface area is 96.8 Å². The van der Waals surface area contributed by atoms with Crippen LogP contribution in [0.25, 0.3) is 0 Å². The minimum absolute atomic E-state index is 0.290. The fourth-order valence-corrected chi connectivity index (χ4v) is 1.62. The van der Waals surface area contributed by atoms with Gasteiger partial charge in [0.05, 0.1) is 6.61 Å². The molecule has 4 heteroatoms. The zero-order valence-corrected chi connectivity index (χ0v) is 10.5. The molecule has 0 saturated carbocycles. The van der Waals surface area contributed by atoms with Gasteiger partial charge in [-0.2, -0.15) is 0 Å². The molecule has 0 bridgehead atoms. The maximum Gasteiger partial charge on any atom is 0.335 e. The Morgan fingerprint density at radius 3 is 2.47 bits per heavy atom. The van der Waals surface area contributed by atoms with Crippen LogP contribution in [-0.2, 0) is 9.53 Å². The fourth-order valence-electron chi connectivity index (χ4n) is 1.55. The smallest absolute Gasteiger partial charge is 0.335 e. The van der Waals surface area contributed by atoms with E-state index < -0.39 is 11.6 Å². The van der Waals surface area contributed by atoms with Gasteiger partial charge in [-0.1, -0.05) is 27.2 Å². The van der Waals surface area contributed by atoms with Gasteiger partial charge in [0.1, 0.15) is 0 Å². The first-order valence-corrected chi connectivity index (χ1v) is 5.99. The third-order valence-corrected chi connectivity index (χ3v) is 2.95. The van der Waals surface area contributed by atoms with Crippen LogP contribution in [0.5, 0.6) is 0 Å². The second-order valence-corrected chi connectivity index (χ2v) is 4.29. The molecule has 0 aromatic heterocycles. The van der Waals surface area contributed by atoms with Crippen molar-refractivity contribution in [1.82, 2.24) is 0 Å². The summed E-state index contributed by atoms with van der Waals surface area (Å²) >= 11 is 5.52. The van der Waals surface area contributed by atoms with Crippen LogP contribution in [0.3, 0.4) is 0 Å². The molecule has 3 nitrogen and oxygen atoms in total. The molecular formula is C11H21ClO3. The molecule has 0 aliphatic rings. The Morgan fingerprint density at radius 1 is 1.53 bits per heavy atom. The number of halogens is 1. The van der Waals surface area contributed by atoms with Crippen molar-refractivity contribution in [3.8, 4) is 0 Å². The summed E-state index contributed by atoms with van der Waals surface area (Å²) in [5.41, 5.74) is -1.05. The molecule has 2 unspecified atom stereocenters. The topological polar surface area (TPSA) is 46.5 Å². The monoisotopic (exact) mass is 236 g/mol. The number of rotatable bonds is 8. The van der Waals surface area contributed by atoms with Crippen molar-refractivity contribution in [1.29, 1.82) is 0 Å². The van der Waals surface area contributed by atoms with Crippen LogP contribution in [0.4, 0.5) is 0 Å². The molecule has 15 heavy (non-hydrogen) atoms. The zero-order chi connectivity index (χ0) is 11.9. The number of alkyl halides is 1. The van der Waals surface area contributed by atoms with Crippen molar-refractivity contribution in [2.45, 2.75) is 45.6 Å². The Morgan fingerprint density at radius 2 is 2.13 bits per heavy atom. The predicted molar refractivity (Wildman–Crippen MR) is 61.4 cm³/mol. The molecule has 0 radical (unpaired) electrons. The van der Waals surface area contributed by atoms with E-state index in [-0.39, 0.29) is 6.61 Å². The van der Waals surface area contributed by atoms with Crippen LogP contribution in [0.1, 0.15) is 40.0 Å². The number of carboxylic acid groups (broad SMARTS) is 1. The minimum Gasteiger partial charge on any atom is -0.479 e. The lowest BCUT2D eigenvalue weighted by molar-refractivity contribution is -0.168. The first-order valence-electron chi connectivity index (χ1n) is 5.45. The fraction of sp³-hybridized carbons (Fsp3) is 0.909. The molecule has 0 rings (SSSR count). The summed E-state index contributed by atoms with van der Waals surface area (Å²) in [6.45, 7) is 6.22. The molecular weight excluding hydrogens is 216 g/mol. The Balaban J connectivity index is 4.57. The van der Waals surface area contributed by atoms with Crippen LogP contribution >= 0.6 is 11.6 Å². The summed E-state index contributed by atoms with van der Waals surface area (Å²) in [6, 6.07) is 0. The SMILES string of the molecule is CCC(C)CC(CC)(OCCCl)C(=O)O. The highest BCUT2D eigenvalue weighted by atomic mass is 35.5. The van der Waals surface area contributed by atoms with Crippen LogP contribution in [0.2, 0.25) is 0 Å². The van der Waals surface area contributed by atoms with E-state index in [1.165, 1.54) is 0 Å². The zero-order valence-electron chi connectivity index (χ0n) is 9.75. The quantitative estimate of drug-likeness (QED) is 0.660. The third kappa shape index (κ3) is 4.39. The highest BCUT2D eigenvalue weighted by Gasteiger charge is 2.38.